The van der Waals surface area contributed by atoms with Crippen molar-refractivity contribution in [3.05, 3.63) is 83.9 Å². The van der Waals surface area contributed by atoms with E-state index in [0.29, 0.717) is 29.4 Å². The van der Waals surface area contributed by atoms with Crippen molar-refractivity contribution in [1.29, 1.82) is 0 Å². The van der Waals surface area contributed by atoms with Crippen LogP contribution in [0.15, 0.2) is 67.8 Å². The fourth-order valence-corrected chi connectivity index (χ4v) is 6.23. The fourth-order valence-electron chi connectivity index (χ4n) is 6.05. The Morgan fingerprint density at radius 1 is 1.06 bits per heavy atom. The number of nitrogens with one attached hydrogen (secondary N) is 1. The van der Waals surface area contributed by atoms with Gasteiger partial charge < -0.3 is 24.4 Å². The van der Waals surface area contributed by atoms with Gasteiger partial charge in [-0.05, 0) is 94.8 Å². The summed E-state index contributed by atoms with van der Waals surface area (Å²) in [6, 6.07) is 11.5. The number of unbranched alkanes of at least 4 members (excludes halogenated alkanes) is 3. The third kappa shape index (κ3) is 9.07. The van der Waals surface area contributed by atoms with Gasteiger partial charge in [0.05, 0.1) is 6.61 Å². The van der Waals surface area contributed by atoms with E-state index in [1.54, 1.807) is 64.1 Å². The van der Waals surface area contributed by atoms with Gasteiger partial charge in [-0.25, -0.2) is 4.79 Å². The number of carbonyl (C=O) groups is 4. The fraction of sp³-hybridized carbons (Fsp3) is 0.474. The largest absolute Gasteiger partial charge is 0.464 e. The number of hydrogen-bond donors (Lipinski definition) is 1. The van der Waals surface area contributed by atoms with Crippen molar-refractivity contribution >= 4 is 35.4 Å². The van der Waals surface area contributed by atoms with Crippen molar-refractivity contribution in [3.8, 4) is 11.5 Å². The molecule has 1 heterocycles. The maximum absolute atomic E-state index is 14.4. The number of hydrogen-bond acceptors (Lipinski definition) is 7. The van der Waals surface area contributed by atoms with Gasteiger partial charge in [0.2, 0.25) is 11.8 Å². The highest BCUT2D eigenvalue weighted by Gasteiger charge is 2.61. The first-order valence-electron chi connectivity index (χ1n) is 16.6. The Kier molecular flexibility index (Phi) is 12.1. The molecule has 0 bridgehead atoms. The number of carbonyl (C=O) groups excluding carboxylic acids is 4. The highest BCUT2D eigenvalue weighted by molar-refractivity contribution is 6.30. The second-order valence-corrected chi connectivity index (χ2v) is 13.9. The number of halogens is 1. The molecule has 0 saturated heterocycles. The minimum atomic E-state index is -1.25. The topological polar surface area (TPSA) is 111 Å². The van der Waals surface area contributed by atoms with E-state index in [-0.39, 0.29) is 31.9 Å². The molecule has 258 valence electrons. The molecule has 1 unspecified atom stereocenters. The van der Waals surface area contributed by atoms with E-state index < -0.39 is 46.9 Å². The summed E-state index contributed by atoms with van der Waals surface area (Å²) in [6.07, 6.45) is 7.40. The number of esters is 2. The minimum Gasteiger partial charge on any atom is -0.464 e. The number of ether oxygens (including phenoxy) is 3. The lowest BCUT2D eigenvalue weighted by atomic mass is 9.90. The first-order valence-corrected chi connectivity index (χ1v) is 17.0. The van der Waals surface area contributed by atoms with Crippen LogP contribution >= 0.6 is 11.6 Å². The predicted octanol–water partition coefficient (Wildman–Crippen LogP) is 7.10. The van der Waals surface area contributed by atoms with Gasteiger partial charge in [-0.1, -0.05) is 48.7 Å². The summed E-state index contributed by atoms with van der Waals surface area (Å²) in [7, 11) is 0. The van der Waals surface area contributed by atoms with Crippen molar-refractivity contribution in [2.75, 3.05) is 6.61 Å². The van der Waals surface area contributed by atoms with E-state index in [9.17, 15) is 19.2 Å². The molecule has 9 nitrogen and oxygen atoms in total. The second kappa shape index (κ2) is 15.9. The number of amides is 2. The summed E-state index contributed by atoms with van der Waals surface area (Å²) >= 11 is 6.15. The molecule has 1 aliphatic heterocycles. The minimum absolute atomic E-state index is 0.0801. The third-order valence-corrected chi connectivity index (χ3v) is 8.84. The highest BCUT2D eigenvalue weighted by Crippen LogP contribution is 2.46. The first-order chi connectivity index (χ1) is 22.8. The SMILES string of the molecule is C=CCCCCC[C@H](C(=O)OC(C)(C)C)C(=O)N1Cc2ccc(Oc3cccc(Cl)c3)cc2CC1C(=O)N[C@]1(C(=O)OCC)C[C@H]1C=C. The maximum Gasteiger partial charge on any atom is 0.332 e. The van der Waals surface area contributed by atoms with Crippen molar-refractivity contribution in [2.45, 2.75) is 96.4 Å². The molecule has 2 aromatic carbocycles. The molecule has 1 saturated carbocycles. The van der Waals surface area contributed by atoms with Gasteiger partial charge in [0.15, 0.2) is 0 Å². The predicted molar refractivity (Wildman–Crippen MR) is 184 cm³/mol. The van der Waals surface area contributed by atoms with Crippen molar-refractivity contribution < 1.29 is 33.4 Å². The average molecular weight is 679 g/mol. The van der Waals surface area contributed by atoms with Crippen molar-refractivity contribution in [3.63, 3.8) is 0 Å². The molecule has 0 radical (unpaired) electrons. The van der Waals surface area contributed by atoms with Gasteiger partial charge in [0.1, 0.15) is 34.6 Å². The van der Waals surface area contributed by atoms with E-state index in [1.807, 2.05) is 18.2 Å². The van der Waals surface area contributed by atoms with Crippen LogP contribution < -0.4 is 10.1 Å². The zero-order valence-electron chi connectivity index (χ0n) is 28.4. The summed E-state index contributed by atoms with van der Waals surface area (Å²) in [5.41, 5.74) is -0.439. The molecule has 0 aromatic heterocycles. The molecule has 2 aliphatic rings. The molecular weight excluding hydrogens is 632 g/mol. The zero-order chi connectivity index (χ0) is 35.1. The van der Waals surface area contributed by atoms with Gasteiger partial charge in [0.25, 0.3) is 0 Å². The molecule has 10 heteroatoms. The Morgan fingerprint density at radius 3 is 2.46 bits per heavy atom. The standard InChI is InChI=1S/C38H47ClN2O7/c1-7-10-11-12-13-17-31(35(44)48-37(4,5)6)34(43)41-24-25-18-19-30(47-29-16-14-15-28(39)22-29)20-26(25)21-32(41)33(42)40-38(23-27(38)8-2)36(45)46-9-3/h7-8,14-16,18-20,22,27,31-32H,1-2,9-13,17,21,23-24H2,3-6H3,(H,40,42)/t27-,31+,32?,38-/m1/s1. The average Bonchev–Trinajstić information content (AvgIpc) is 3.75. The number of rotatable bonds is 15. The van der Waals surface area contributed by atoms with Crippen LogP contribution in [0.3, 0.4) is 0 Å². The Balaban J connectivity index is 1.67. The molecule has 1 aliphatic carbocycles. The smallest absolute Gasteiger partial charge is 0.332 e. The van der Waals surface area contributed by atoms with Crippen molar-refractivity contribution in [1.82, 2.24) is 10.2 Å². The van der Waals surface area contributed by atoms with Crippen LogP contribution in [-0.4, -0.2) is 52.4 Å². The van der Waals surface area contributed by atoms with Gasteiger partial charge >= 0.3 is 11.9 Å². The van der Waals surface area contributed by atoms with Crippen molar-refractivity contribution in [2.24, 2.45) is 11.8 Å². The van der Waals surface area contributed by atoms with E-state index in [2.05, 4.69) is 18.5 Å². The molecule has 2 amide bonds. The van der Waals surface area contributed by atoms with Crippen LogP contribution in [0, 0.1) is 11.8 Å². The van der Waals surface area contributed by atoms with Crippen LogP contribution in [0.2, 0.25) is 5.02 Å². The molecule has 0 spiro atoms. The summed E-state index contributed by atoms with van der Waals surface area (Å²) in [6.45, 7) is 14.8. The van der Waals surface area contributed by atoms with E-state index >= 15 is 0 Å². The molecule has 4 rings (SSSR count). The third-order valence-electron chi connectivity index (χ3n) is 8.60. The van der Waals surface area contributed by atoms with E-state index in [0.717, 1.165) is 30.4 Å². The lowest BCUT2D eigenvalue weighted by Gasteiger charge is -2.38. The van der Waals surface area contributed by atoms with Crippen LogP contribution in [0.25, 0.3) is 0 Å². The van der Waals surface area contributed by atoms with E-state index in [1.165, 1.54) is 4.90 Å². The Labute approximate surface area is 288 Å². The zero-order valence-corrected chi connectivity index (χ0v) is 29.1. The van der Waals surface area contributed by atoms with Crippen LogP contribution in [0.4, 0.5) is 0 Å². The Morgan fingerprint density at radius 2 is 1.81 bits per heavy atom. The van der Waals surface area contributed by atoms with Crippen LogP contribution in [-0.2, 0) is 41.6 Å². The van der Waals surface area contributed by atoms with Gasteiger partial charge in [0, 0.05) is 23.9 Å². The number of allylic oxidation sites excluding steroid dienone is 1. The number of fused-ring (bicyclic) bond motifs is 1. The van der Waals surface area contributed by atoms with Crippen LogP contribution in [0.1, 0.15) is 77.3 Å². The van der Waals surface area contributed by atoms with Gasteiger partial charge in [-0.2, -0.15) is 0 Å². The molecular formula is C38H47ClN2O7. The summed E-state index contributed by atoms with van der Waals surface area (Å²) in [5, 5.41) is 3.45. The molecule has 1 N–H and O–H groups in total. The normalized spacial score (nSPS) is 20.5. The first kappa shape index (κ1) is 36.7. The maximum atomic E-state index is 14.4. The monoisotopic (exact) mass is 678 g/mol. The van der Waals surface area contributed by atoms with Crippen LogP contribution in [0.5, 0.6) is 11.5 Å². The van der Waals surface area contributed by atoms with Gasteiger partial charge in [-0.3, -0.25) is 14.4 Å². The lowest BCUT2D eigenvalue weighted by molar-refractivity contribution is -0.167. The second-order valence-electron chi connectivity index (χ2n) is 13.4. The lowest BCUT2D eigenvalue weighted by Crippen LogP contribution is -2.58. The Bertz CT molecular complexity index is 1530. The molecule has 48 heavy (non-hydrogen) atoms. The molecule has 4 atom stereocenters. The van der Waals surface area contributed by atoms with Gasteiger partial charge in [-0.15, -0.1) is 13.2 Å². The summed E-state index contributed by atoms with van der Waals surface area (Å²) in [4.78, 5) is 56.6. The molecule has 1 fully saturated rings. The summed E-state index contributed by atoms with van der Waals surface area (Å²) in [5.74, 6) is -2.47. The summed E-state index contributed by atoms with van der Waals surface area (Å²) < 4.78 is 17.1. The number of benzene rings is 2. The quantitative estimate of drug-likeness (QED) is 0.0926. The highest BCUT2D eigenvalue weighted by atomic mass is 35.5. The Hall–Kier alpha value is -4.11. The van der Waals surface area contributed by atoms with E-state index in [4.69, 9.17) is 25.8 Å². The number of nitrogens with zero attached hydrogens (tertiary/aromatic N) is 1. The molecule has 2 aromatic rings.